The second-order valence-corrected chi connectivity index (χ2v) is 4.61. The van der Waals surface area contributed by atoms with Crippen LogP contribution in [0.5, 0.6) is 0 Å². The van der Waals surface area contributed by atoms with Gasteiger partial charge in [-0.25, -0.2) is 8.78 Å². The molecule has 0 bridgehead atoms. The smallest absolute Gasteiger partial charge is 0.305 e. The average Bonchev–Trinajstić information content (AvgIpc) is 2.36. The number of amides is 1. The molecule has 0 aliphatic carbocycles. The van der Waals surface area contributed by atoms with Crippen LogP contribution < -0.4 is 5.32 Å². The SMILES string of the molecule is O=C(O)CC1C(=O)NCCN1Cc1ccc(F)cc1F. The van der Waals surface area contributed by atoms with Crippen molar-refractivity contribution >= 4 is 11.9 Å². The maximum absolute atomic E-state index is 13.6. The fourth-order valence-corrected chi connectivity index (χ4v) is 2.21. The number of benzene rings is 1. The summed E-state index contributed by atoms with van der Waals surface area (Å²) in [6.45, 7) is 0.857. The zero-order valence-corrected chi connectivity index (χ0v) is 10.6. The van der Waals surface area contributed by atoms with E-state index in [9.17, 15) is 18.4 Å². The Morgan fingerprint density at radius 2 is 2.20 bits per heavy atom. The third-order valence-corrected chi connectivity index (χ3v) is 3.20. The van der Waals surface area contributed by atoms with Gasteiger partial charge in [-0.1, -0.05) is 6.07 Å². The molecule has 0 spiro atoms. The largest absolute Gasteiger partial charge is 0.481 e. The Balaban J connectivity index is 2.16. The molecule has 1 fully saturated rings. The zero-order valence-electron chi connectivity index (χ0n) is 10.6. The number of carbonyl (C=O) groups is 2. The molecule has 1 aliphatic heterocycles. The summed E-state index contributed by atoms with van der Waals surface area (Å²) < 4.78 is 26.5. The summed E-state index contributed by atoms with van der Waals surface area (Å²) in [5.41, 5.74) is 0.233. The minimum atomic E-state index is -1.10. The maximum atomic E-state index is 13.6. The van der Waals surface area contributed by atoms with Crippen molar-refractivity contribution in [1.82, 2.24) is 10.2 Å². The first-order valence-electron chi connectivity index (χ1n) is 6.15. The van der Waals surface area contributed by atoms with E-state index in [1.54, 1.807) is 4.90 Å². The van der Waals surface area contributed by atoms with Crippen molar-refractivity contribution in [1.29, 1.82) is 0 Å². The standard InChI is InChI=1S/C13H14F2N2O3/c14-9-2-1-8(10(15)5-9)7-17-4-3-16-13(20)11(17)6-12(18)19/h1-2,5,11H,3-4,6-7H2,(H,16,20)(H,18,19). The van der Waals surface area contributed by atoms with Crippen molar-refractivity contribution < 1.29 is 23.5 Å². The van der Waals surface area contributed by atoms with Gasteiger partial charge in [0.2, 0.25) is 5.91 Å². The van der Waals surface area contributed by atoms with Gasteiger partial charge in [0.15, 0.2) is 0 Å². The third kappa shape index (κ3) is 3.30. The number of halogens is 2. The van der Waals surface area contributed by atoms with Crippen molar-refractivity contribution in [2.75, 3.05) is 13.1 Å². The number of carboxylic acid groups (broad SMARTS) is 1. The highest BCUT2D eigenvalue weighted by molar-refractivity contribution is 5.86. The van der Waals surface area contributed by atoms with Crippen molar-refractivity contribution in [3.63, 3.8) is 0 Å². The van der Waals surface area contributed by atoms with E-state index in [0.717, 1.165) is 12.1 Å². The lowest BCUT2D eigenvalue weighted by Gasteiger charge is -2.34. The monoisotopic (exact) mass is 284 g/mol. The second-order valence-electron chi connectivity index (χ2n) is 4.61. The van der Waals surface area contributed by atoms with Gasteiger partial charge in [-0.3, -0.25) is 14.5 Å². The molecule has 108 valence electrons. The molecular weight excluding hydrogens is 270 g/mol. The minimum absolute atomic E-state index is 0.0669. The lowest BCUT2D eigenvalue weighted by molar-refractivity contribution is -0.143. The first-order valence-corrected chi connectivity index (χ1v) is 6.15. The lowest BCUT2D eigenvalue weighted by Crippen LogP contribution is -2.55. The highest BCUT2D eigenvalue weighted by Gasteiger charge is 2.31. The van der Waals surface area contributed by atoms with Crippen molar-refractivity contribution in [2.45, 2.75) is 19.0 Å². The molecule has 1 aliphatic rings. The van der Waals surface area contributed by atoms with Gasteiger partial charge in [-0.2, -0.15) is 0 Å². The van der Waals surface area contributed by atoms with Gasteiger partial charge >= 0.3 is 5.97 Å². The normalized spacial score (nSPS) is 19.7. The number of piperazine rings is 1. The van der Waals surface area contributed by atoms with E-state index in [-0.39, 0.29) is 24.4 Å². The van der Waals surface area contributed by atoms with Crippen LogP contribution in [-0.2, 0) is 16.1 Å². The fraction of sp³-hybridized carbons (Fsp3) is 0.385. The number of carboxylic acids is 1. The molecule has 2 rings (SSSR count). The van der Waals surface area contributed by atoms with E-state index in [0.29, 0.717) is 13.1 Å². The maximum Gasteiger partial charge on any atom is 0.305 e. The first-order chi connectivity index (χ1) is 9.47. The molecule has 0 radical (unpaired) electrons. The molecule has 0 saturated carbocycles. The van der Waals surface area contributed by atoms with Gasteiger partial charge < -0.3 is 10.4 Å². The Kier molecular flexibility index (Phi) is 4.29. The molecular formula is C13H14F2N2O3. The fourth-order valence-electron chi connectivity index (χ4n) is 2.21. The average molecular weight is 284 g/mol. The molecule has 1 unspecified atom stereocenters. The Labute approximate surface area is 114 Å². The summed E-state index contributed by atoms with van der Waals surface area (Å²) in [6.07, 6.45) is -0.353. The Bertz CT molecular complexity index is 536. The highest BCUT2D eigenvalue weighted by Crippen LogP contribution is 2.17. The van der Waals surface area contributed by atoms with Crippen LogP contribution in [-0.4, -0.2) is 41.0 Å². The molecule has 1 aromatic rings. The molecule has 7 heteroatoms. The summed E-state index contributed by atoms with van der Waals surface area (Å²) in [4.78, 5) is 24.1. The number of nitrogens with zero attached hydrogens (tertiary/aromatic N) is 1. The zero-order chi connectivity index (χ0) is 14.7. The summed E-state index contributed by atoms with van der Waals surface area (Å²) >= 11 is 0. The molecule has 20 heavy (non-hydrogen) atoms. The number of nitrogens with one attached hydrogen (secondary N) is 1. The number of carbonyl (C=O) groups excluding carboxylic acids is 1. The van der Waals surface area contributed by atoms with Crippen LogP contribution in [0.3, 0.4) is 0 Å². The van der Waals surface area contributed by atoms with Crippen LogP contribution >= 0.6 is 0 Å². The van der Waals surface area contributed by atoms with E-state index in [1.165, 1.54) is 6.07 Å². The van der Waals surface area contributed by atoms with E-state index in [2.05, 4.69) is 5.32 Å². The van der Waals surface area contributed by atoms with Crippen LogP contribution in [0.2, 0.25) is 0 Å². The number of aliphatic carboxylic acids is 1. The number of hydrogen-bond donors (Lipinski definition) is 2. The van der Waals surface area contributed by atoms with Crippen molar-refractivity contribution in [2.24, 2.45) is 0 Å². The second kappa shape index (κ2) is 5.96. The van der Waals surface area contributed by atoms with Crippen molar-refractivity contribution in [3.8, 4) is 0 Å². The van der Waals surface area contributed by atoms with Gasteiger partial charge in [0.05, 0.1) is 6.42 Å². The van der Waals surface area contributed by atoms with Gasteiger partial charge in [0.1, 0.15) is 17.7 Å². The summed E-state index contributed by atoms with van der Waals surface area (Å²) in [7, 11) is 0. The van der Waals surface area contributed by atoms with Crippen LogP contribution in [0.4, 0.5) is 8.78 Å². The number of hydrogen-bond acceptors (Lipinski definition) is 3. The molecule has 1 amide bonds. The number of rotatable bonds is 4. The lowest BCUT2D eigenvalue weighted by atomic mass is 10.1. The predicted octanol–water partition coefficient (Wildman–Crippen LogP) is 0.740. The topological polar surface area (TPSA) is 69.6 Å². The Morgan fingerprint density at radius 3 is 2.85 bits per heavy atom. The quantitative estimate of drug-likeness (QED) is 0.855. The Hall–Kier alpha value is -2.02. The van der Waals surface area contributed by atoms with Crippen molar-refractivity contribution in [3.05, 3.63) is 35.4 Å². The van der Waals surface area contributed by atoms with Gasteiger partial charge in [-0.15, -0.1) is 0 Å². The van der Waals surface area contributed by atoms with E-state index < -0.39 is 23.6 Å². The molecule has 2 N–H and O–H groups in total. The van der Waals surface area contributed by atoms with Crippen LogP contribution in [0.1, 0.15) is 12.0 Å². The molecule has 1 aromatic carbocycles. The van der Waals surface area contributed by atoms with E-state index in [1.807, 2.05) is 0 Å². The van der Waals surface area contributed by atoms with Gasteiger partial charge in [0, 0.05) is 31.3 Å². The molecule has 0 aromatic heterocycles. The van der Waals surface area contributed by atoms with Crippen LogP contribution in [0.15, 0.2) is 18.2 Å². The van der Waals surface area contributed by atoms with E-state index >= 15 is 0 Å². The van der Waals surface area contributed by atoms with Gasteiger partial charge in [0.25, 0.3) is 0 Å². The predicted molar refractivity (Wildman–Crippen MR) is 65.8 cm³/mol. The summed E-state index contributed by atoms with van der Waals surface area (Å²) in [5, 5.41) is 11.4. The molecule has 1 heterocycles. The highest BCUT2D eigenvalue weighted by atomic mass is 19.1. The van der Waals surface area contributed by atoms with Gasteiger partial charge in [-0.05, 0) is 6.07 Å². The van der Waals surface area contributed by atoms with Crippen LogP contribution in [0, 0.1) is 11.6 Å². The summed E-state index contributed by atoms with van der Waals surface area (Å²) in [5.74, 6) is -2.87. The third-order valence-electron chi connectivity index (χ3n) is 3.20. The first kappa shape index (κ1) is 14.4. The molecule has 1 atom stereocenters. The Morgan fingerprint density at radius 1 is 1.45 bits per heavy atom. The molecule has 1 saturated heterocycles. The molecule has 5 nitrogen and oxygen atoms in total. The van der Waals surface area contributed by atoms with E-state index in [4.69, 9.17) is 5.11 Å². The summed E-state index contributed by atoms with van der Waals surface area (Å²) in [6, 6.07) is 2.36. The minimum Gasteiger partial charge on any atom is -0.481 e. The van der Waals surface area contributed by atoms with Crippen LogP contribution in [0.25, 0.3) is 0 Å².